The lowest BCUT2D eigenvalue weighted by molar-refractivity contribution is -0.126. The maximum Gasteiger partial charge on any atom is 0.223 e. The summed E-state index contributed by atoms with van der Waals surface area (Å²) in [5, 5.41) is 3.10. The zero-order valence-electron chi connectivity index (χ0n) is 16.8. The highest BCUT2D eigenvalue weighted by Crippen LogP contribution is 2.27. The Morgan fingerprint density at radius 3 is 2.50 bits per heavy atom. The Morgan fingerprint density at radius 1 is 1.07 bits per heavy atom. The van der Waals surface area contributed by atoms with Crippen molar-refractivity contribution >= 4 is 5.91 Å². The molecule has 5 heteroatoms. The Labute approximate surface area is 167 Å². The highest BCUT2D eigenvalue weighted by Gasteiger charge is 2.25. The summed E-state index contributed by atoms with van der Waals surface area (Å²) in [4.78, 5) is 14.8. The highest BCUT2D eigenvalue weighted by atomic mass is 16.5. The van der Waals surface area contributed by atoms with E-state index >= 15 is 0 Å². The van der Waals surface area contributed by atoms with Gasteiger partial charge in [-0.1, -0.05) is 36.4 Å². The maximum absolute atomic E-state index is 12.5. The van der Waals surface area contributed by atoms with Crippen LogP contribution in [-0.4, -0.2) is 44.7 Å². The summed E-state index contributed by atoms with van der Waals surface area (Å²) in [7, 11) is 3.34. The lowest BCUT2D eigenvalue weighted by atomic mass is 9.95. The number of methoxy groups -OCH3 is 2. The van der Waals surface area contributed by atoms with E-state index < -0.39 is 0 Å². The largest absolute Gasteiger partial charge is 0.497 e. The maximum atomic E-state index is 12.5. The number of amides is 1. The number of piperidine rings is 1. The lowest BCUT2D eigenvalue weighted by Gasteiger charge is -2.31. The summed E-state index contributed by atoms with van der Waals surface area (Å²) in [5.41, 5.74) is 2.40. The molecular formula is C23H30N2O3. The molecule has 0 spiro atoms. The van der Waals surface area contributed by atoms with Crippen molar-refractivity contribution in [2.45, 2.75) is 25.8 Å². The quantitative estimate of drug-likeness (QED) is 0.761. The van der Waals surface area contributed by atoms with Crippen LogP contribution in [0.2, 0.25) is 0 Å². The first kappa shape index (κ1) is 20.2. The van der Waals surface area contributed by atoms with Gasteiger partial charge in [0.05, 0.1) is 14.2 Å². The number of rotatable bonds is 8. The molecule has 0 aromatic heterocycles. The molecule has 1 saturated heterocycles. The van der Waals surface area contributed by atoms with Crippen molar-refractivity contribution in [2.24, 2.45) is 5.92 Å². The molecule has 1 N–H and O–H groups in total. The topological polar surface area (TPSA) is 50.8 Å². The van der Waals surface area contributed by atoms with Gasteiger partial charge in [0.1, 0.15) is 11.5 Å². The first-order valence-corrected chi connectivity index (χ1v) is 9.94. The molecule has 2 aromatic rings. The van der Waals surface area contributed by atoms with E-state index in [1.807, 2.05) is 30.3 Å². The van der Waals surface area contributed by atoms with Crippen LogP contribution >= 0.6 is 0 Å². The van der Waals surface area contributed by atoms with Gasteiger partial charge in [-0.15, -0.1) is 0 Å². The van der Waals surface area contributed by atoms with Crippen molar-refractivity contribution in [1.29, 1.82) is 0 Å². The van der Waals surface area contributed by atoms with Crippen LogP contribution in [-0.2, 0) is 17.8 Å². The van der Waals surface area contributed by atoms with E-state index in [9.17, 15) is 4.79 Å². The summed E-state index contributed by atoms with van der Waals surface area (Å²) in [6, 6.07) is 16.2. The first-order valence-electron chi connectivity index (χ1n) is 9.94. The van der Waals surface area contributed by atoms with Crippen LogP contribution in [0.4, 0.5) is 0 Å². The highest BCUT2D eigenvalue weighted by molar-refractivity contribution is 5.78. The molecule has 0 unspecified atom stereocenters. The number of nitrogens with one attached hydrogen (secondary N) is 1. The first-order chi connectivity index (χ1) is 13.7. The predicted octanol–water partition coefficient (Wildman–Crippen LogP) is 3.27. The molecule has 2 aromatic carbocycles. The standard InChI is InChI=1S/C23H30N2O3/c1-27-21-9-8-20(22(16-21)28-2)17-25-14-11-19(12-15-25)23(26)24-13-10-18-6-4-3-5-7-18/h3-9,16,19H,10-15,17H2,1-2H3,(H,24,26). The number of carbonyl (C=O) groups excluding carboxylic acids is 1. The minimum atomic E-state index is 0.116. The molecule has 0 bridgehead atoms. The fourth-order valence-corrected chi connectivity index (χ4v) is 3.70. The van der Waals surface area contributed by atoms with Crippen molar-refractivity contribution < 1.29 is 14.3 Å². The third kappa shape index (κ3) is 5.49. The van der Waals surface area contributed by atoms with Crippen LogP contribution in [0.1, 0.15) is 24.0 Å². The van der Waals surface area contributed by atoms with Crippen molar-refractivity contribution in [3.8, 4) is 11.5 Å². The molecule has 1 heterocycles. The third-order valence-corrected chi connectivity index (χ3v) is 5.40. The average Bonchev–Trinajstić information content (AvgIpc) is 2.75. The van der Waals surface area contributed by atoms with Gasteiger partial charge in [-0.2, -0.15) is 0 Å². The summed E-state index contributed by atoms with van der Waals surface area (Å²) < 4.78 is 10.8. The molecule has 0 saturated carbocycles. The van der Waals surface area contributed by atoms with E-state index in [0.717, 1.165) is 56.0 Å². The molecular weight excluding hydrogens is 352 g/mol. The molecule has 0 radical (unpaired) electrons. The van der Waals surface area contributed by atoms with Crippen LogP contribution in [0.15, 0.2) is 48.5 Å². The van der Waals surface area contributed by atoms with Crippen molar-refractivity contribution in [1.82, 2.24) is 10.2 Å². The number of hydrogen-bond donors (Lipinski definition) is 1. The number of hydrogen-bond acceptors (Lipinski definition) is 4. The van der Waals surface area contributed by atoms with Gasteiger partial charge in [0.25, 0.3) is 0 Å². The van der Waals surface area contributed by atoms with Crippen LogP contribution < -0.4 is 14.8 Å². The van der Waals surface area contributed by atoms with E-state index in [0.29, 0.717) is 6.54 Å². The predicted molar refractivity (Wildman–Crippen MR) is 111 cm³/mol. The Kier molecular flexibility index (Phi) is 7.31. The summed E-state index contributed by atoms with van der Waals surface area (Å²) in [6.07, 6.45) is 2.67. The second kappa shape index (κ2) is 10.1. The number of carbonyl (C=O) groups is 1. The molecule has 150 valence electrons. The third-order valence-electron chi connectivity index (χ3n) is 5.40. The van der Waals surface area contributed by atoms with Gasteiger partial charge in [-0.25, -0.2) is 0 Å². The van der Waals surface area contributed by atoms with Gasteiger partial charge in [-0.05, 0) is 44.0 Å². The van der Waals surface area contributed by atoms with Crippen LogP contribution in [0.25, 0.3) is 0 Å². The van der Waals surface area contributed by atoms with Gasteiger partial charge >= 0.3 is 0 Å². The van der Waals surface area contributed by atoms with Crippen molar-refractivity contribution in [3.63, 3.8) is 0 Å². The Hall–Kier alpha value is -2.53. The van der Waals surface area contributed by atoms with Gasteiger partial charge in [0.15, 0.2) is 0 Å². The Bertz CT molecular complexity index is 756. The van der Waals surface area contributed by atoms with Gasteiger partial charge < -0.3 is 14.8 Å². The molecule has 1 fully saturated rings. The van der Waals surface area contributed by atoms with Gasteiger partial charge in [-0.3, -0.25) is 9.69 Å². The average molecular weight is 383 g/mol. The van der Waals surface area contributed by atoms with Gasteiger partial charge in [0.2, 0.25) is 5.91 Å². The monoisotopic (exact) mass is 382 g/mol. The molecule has 0 atom stereocenters. The summed E-state index contributed by atoms with van der Waals surface area (Å²) in [6.45, 7) is 3.37. The molecule has 1 aliphatic rings. The van der Waals surface area contributed by atoms with E-state index in [4.69, 9.17) is 9.47 Å². The van der Waals surface area contributed by atoms with E-state index in [1.165, 1.54) is 5.56 Å². The normalized spacial score (nSPS) is 15.2. The van der Waals surface area contributed by atoms with E-state index in [1.54, 1.807) is 14.2 Å². The smallest absolute Gasteiger partial charge is 0.223 e. The second-order valence-corrected chi connectivity index (χ2v) is 7.25. The molecule has 1 amide bonds. The van der Waals surface area contributed by atoms with Crippen LogP contribution in [0.3, 0.4) is 0 Å². The SMILES string of the molecule is COc1ccc(CN2CCC(C(=O)NCCc3ccccc3)CC2)c(OC)c1. The summed E-state index contributed by atoms with van der Waals surface area (Å²) in [5.74, 6) is 1.95. The fraction of sp³-hybridized carbons (Fsp3) is 0.435. The minimum Gasteiger partial charge on any atom is -0.497 e. The van der Waals surface area contributed by atoms with E-state index in [-0.39, 0.29) is 11.8 Å². The fourth-order valence-electron chi connectivity index (χ4n) is 3.70. The van der Waals surface area contributed by atoms with Crippen LogP contribution in [0.5, 0.6) is 11.5 Å². The molecule has 3 rings (SSSR count). The number of likely N-dealkylation sites (tertiary alicyclic amines) is 1. The number of benzene rings is 2. The molecule has 5 nitrogen and oxygen atoms in total. The zero-order chi connectivity index (χ0) is 19.8. The molecule has 1 aliphatic heterocycles. The summed E-state index contributed by atoms with van der Waals surface area (Å²) >= 11 is 0. The van der Waals surface area contributed by atoms with Crippen molar-refractivity contribution in [2.75, 3.05) is 33.9 Å². The van der Waals surface area contributed by atoms with Gasteiger partial charge in [0, 0.05) is 30.6 Å². The minimum absolute atomic E-state index is 0.116. The Balaban J connectivity index is 1.43. The number of nitrogens with zero attached hydrogens (tertiary/aromatic N) is 1. The molecule has 0 aliphatic carbocycles. The lowest BCUT2D eigenvalue weighted by Crippen LogP contribution is -2.40. The number of ether oxygens (including phenoxy) is 2. The molecule has 28 heavy (non-hydrogen) atoms. The van der Waals surface area contributed by atoms with Crippen LogP contribution in [0, 0.1) is 5.92 Å². The second-order valence-electron chi connectivity index (χ2n) is 7.25. The van der Waals surface area contributed by atoms with Crippen molar-refractivity contribution in [3.05, 3.63) is 59.7 Å². The Morgan fingerprint density at radius 2 is 1.82 bits per heavy atom. The van der Waals surface area contributed by atoms with E-state index in [2.05, 4.69) is 28.4 Å². The zero-order valence-corrected chi connectivity index (χ0v) is 16.8.